The third kappa shape index (κ3) is 8.64. The van der Waals surface area contributed by atoms with Crippen LogP contribution in [0.2, 0.25) is 0 Å². The van der Waals surface area contributed by atoms with Crippen LogP contribution in [-0.2, 0) is 25.7 Å². The molecule has 3 aromatic carbocycles. The van der Waals surface area contributed by atoms with Gasteiger partial charge in [-0.2, -0.15) is 0 Å². The van der Waals surface area contributed by atoms with E-state index in [0.717, 1.165) is 0 Å². The van der Waals surface area contributed by atoms with Gasteiger partial charge in [0.15, 0.2) is 17.3 Å². The number of benzene rings is 3. The van der Waals surface area contributed by atoms with E-state index in [1.807, 2.05) is 0 Å². The lowest BCUT2D eigenvalue weighted by Crippen LogP contribution is -2.44. The lowest BCUT2D eigenvalue weighted by Gasteiger charge is -2.29. The van der Waals surface area contributed by atoms with E-state index >= 15 is 0 Å². The highest BCUT2D eigenvalue weighted by atomic mass is 27.3. The van der Waals surface area contributed by atoms with E-state index < -0.39 is 68.6 Å². The minimum absolute atomic E-state index is 0.233. The highest BCUT2D eigenvalue weighted by Crippen LogP contribution is 2.33. The van der Waals surface area contributed by atoms with Crippen molar-refractivity contribution in [2.45, 2.75) is 38.5 Å². The summed E-state index contributed by atoms with van der Waals surface area (Å²) in [5.74, 6) is -8.58. The molecule has 0 saturated heterocycles. The zero-order chi connectivity index (χ0) is 36.5. The van der Waals surface area contributed by atoms with Crippen LogP contribution in [0, 0.1) is 35.5 Å². The Kier molecular flexibility index (Phi) is 12.2. The average Bonchev–Trinajstić information content (AvgIpc) is 3.20. The fourth-order valence-electron chi connectivity index (χ4n) is 7.15. The number of ketones is 3. The van der Waals surface area contributed by atoms with Gasteiger partial charge in [0.1, 0.15) is 0 Å². The topological polar surface area (TPSA) is 130 Å². The summed E-state index contributed by atoms with van der Waals surface area (Å²) in [6, 6.07) is 25.9. The van der Waals surface area contributed by atoms with Crippen molar-refractivity contribution in [3.05, 3.63) is 144 Å². The van der Waals surface area contributed by atoms with E-state index in [1.54, 1.807) is 127 Å². The molecular formula is C42H39AlO9. The van der Waals surface area contributed by atoms with Gasteiger partial charge in [0.25, 0.3) is 17.9 Å². The van der Waals surface area contributed by atoms with Gasteiger partial charge < -0.3 is 11.4 Å². The summed E-state index contributed by atoms with van der Waals surface area (Å²) in [4.78, 5) is 82.2. The summed E-state index contributed by atoms with van der Waals surface area (Å²) in [6.07, 6.45) is 13.1. The molecule has 9 nitrogen and oxygen atoms in total. The number of hydrogen-bond acceptors (Lipinski definition) is 9. The largest absolute Gasteiger partial charge is 1.20 e. The maximum absolute atomic E-state index is 13.9. The summed E-state index contributed by atoms with van der Waals surface area (Å²) >= 11 is -4.00. The van der Waals surface area contributed by atoms with Crippen molar-refractivity contribution in [3.8, 4) is 0 Å². The smallest absolute Gasteiger partial charge is 0.550 e. The summed E-state index contributed by atoms with van der Waals surface area (Å²) in [6.45, 7) is 0. The van der Waals surface area contributed by atoms with Crippen molar-refractivity contribution >= 4 is 50.4 Å². The Morgan fingerprint density at radius 2 is 0.692 bits per heavy atom. The zero-order valence-corrected chi connectivity index (χ0v) is 29.7. The Hall–Kier alpha value is -5.17. The molecule has 6 atom stereocenters. The SMILES string of the molecule is O=C([O][Al]([O]C(=O)C1C=CCCC1C(=O)c1ccccc1)[O]C(=O)C1C=CCCC1C(=O)c1ccccc1)C1C=CCCC1C(=O)c1ccccc1. The van der Waals surface area contributed by atoms with Gasteiger partial charge in [-0.3, -0.25) is 28.8 Å². The molecule has 0 radical (unpaired) electrons. The molecule has 3 aliphatic rings. The Bertz CT molecular complexity index is 1650. The molecule has 0 aromatic heterocycles. The maximum atomic E-state index is 13.9. The third-order valence-electron chi connectivity index (χ3n) is 9.90. The average molecular weight is 715 g/mol. The fourth-order valence-corrected chi connectivity index (χ4v) is 8.33. The van der Waals surface area contributed by atoms with Gasteiger partial charge in [0.05, 0.1) is 17.8 Å². The second-order valence-corrected chi connectivity index (χ2v) is 14.5. The van der Waals surface area contributed by atoms with E-state index in [9.17, 15) is 28.8 Å². The van der Waals surface area contributed by atoms with Gasteiger partial charge in [-0.05, 0) is 38.5 Å². The number of allylic oxidation sites excluding steroid dienone is 3. The molecule has 0 amide bonds. The molecule has 264 valence electrons. The molecule has 0 bridgehead atoms. The summed E-state index contributed by atoms with van der Waals surface area (Å²) in [5, 5.41) is 0. The molecule has 6 rings (SSSR count). The minimum atomic E-state index is -4.00. The van der Waals surface area contributed by atoms with Crippen molar-refractivity contribution in [3.63, 3.8) is 0 Å². The van der Waals surface area contributed by atoms with Crippen LogP contribution in [0.3, 0.4) is 0 Å². The highest BCUT2D eigenvalue weighted by Gasteiger charge is 2.54. The van der Waals surface area contributed by atoms with Crippen LogP contribution in [0.5, 0.6) is 0 Å². The van der Waals surface area contributed by atoms with Gasteiger partial charge in [-0.25, -0.2) is 0 Å². The first kappa shape index (κ1) is 36.6. The van der Waals surface area contributed by atoms with E-state index in [0.29, 0.717) is 55.2 Å². The minimum Gasteiger partial charge on any atom is -0.550 e. The second-order valence-electron chi connectivity index (χ2n) is 13.2. The van der Waals surface area contributed by atoms with Crippen LogP contribution in [0.25, 0.3) is 0 Å². The van der Waals surface area contributed by atoms with Gasteiger partial charge in [0, 0.05) is 34.4 Å². The molecular weight excluding hydrogens is 675 g/mol. The zero-order valence-electron chi connectivity index (χ0n) is 28.6. The van der Waals surface area contributed by atoms with Gasteiger partial charge >= 0.3 is 15.1 Å². The van der Waals surface area contributed by atoms with Crippen LogP contribution in [0.1, 0.15) is 69.6 Å². The Morgan fingerprint density at radius 1 is 0.423 bits per heavy atom. The molecule has 10 heteroatoms. The van der Waals surface area contributed by atoms with Crippen molar-refractivity contribution in [2.24, 2.45) is 35.5 Å². The van der Waals surface area contributed by atoms with Crippen molar-refractivity contribution < 1.29 is 40.1 Å². The number of Topliss-reactive ketones (excluding diaryl/α,β-unsaturated/α-hetero) is 3. The van der Waals surface area contributed by atoms with E-state index in [4.69, 9.17) is 11.4 Å². The number of carbonyl (C=O) groups excluding carboxylic acids is 6. The highest BCUT2D eigenvalue weighted by molar-refractivity contribution is 6.44. The predicted octanol–water partition coefficient (Wildman–Crippen LogP) is 7.00. The molecule has 52 heavy (non-hydrogen) atoms. The molecule has 6 unspecified atom stereocenters. The molecule has 0 fully saturated rings. The van der Waals surface area contributed by atoms with Crippen molar-refractivity contribution in [1.29, 1.82) is 0 Å². The van der Waals surface area contributed by atoms with Crippen molar-refractivity contribution in [2.75, 3.05) is 0 Å². The standard InChI is InChI=1S/3C14H14O3.Al/c3*15-13(10-6-2-1-3-7-10)11-8-4-5-9-12(11)14(16)17;/h3*1-3,5-7,9,11-12H,4,8H2,(H,16,17);/q;;;+3/p-3. The van der Waals surface area contributed by atoms with Crippen molar-refractivity contribution in [1.82, 2.24) is 0 Å². The number of carbonyl (C=O) groups is 6. The molecule has 0 saturated carbocycles. The van der Waals surface area contributed by atoms with Gasteiger partial charge in [0.2, 0.25) is 0 Å². The molecule has 0 N–H and O–H groups in total. The predicted molar refractivity (Wildman–Crippen MR) is 192 cm³/mol. The fraction of sp³-hybridized carbons (Fsp3) is 0.286. The number of rotatable bonds is 12. The summed E-state index contributed by atoms with van der Waals surface area (Å²) < 4.78 is 17.3. The molecule has 3 aromatic rings. The van der Waals surface area contributed by atoms with E-state index in [1.165, 1.54) is 0 Å². The first-order valence-corrected chi connectivity index (χ1v) is 19.1. The summed E-state index contributed by atoms with van der Waals surface area (Å²) in [5.41, 5.74) is 1.34. The third-order valence-corrected chi connectivity index (χ3v) is 11.2. The summed E-state index contributed by atoms with van der Waals surface area (Å²) in [7, 11) is 0. The maximum Gasteiger partial charge on any atom is 1.20 e. The van der Waals surface area contributed by atoms with E-state index in [2.05, 4.69) is 0 Å². The Labute approximate surface area is 307 Å². The lowest BCUT2D eigenvalue weighted by molar-refractivity contribution is -0.153. The van der Waals surface area contributed by atoms with Crippen LogP contribution in [-0.4, -0.2) is 50.4 Å². The van der Waals surface area contributed by atoms with Gasteiger partial charge in [-0.15, -0.1) is 0 Å². The van der Waals surface area contributed by atoms with Gasteiger partial charge in [-0.1, -0.05) is 127 Å². The number of hydrogen-bond donors (Lipinski definition) is 0. The van der Waals surface area contributed by atoms with Crippen LogP contribution in [0.4, 0.5) is 0 Å². The van der Waals surface area contributed by atoms with Crippen LogP contribution < -0.4 is 0 Å². The first-order valence-electron chi connectivity index (χ1n) is 17.7. The normalized spacial score (nSPS) is 23.5. The molecule has 0 aliphatic heterocycles. The van der Waals surface area contributed by atoms with Crippen LogP contribution >= 0.6 is 0 Å². The molecule has 3 aliphatic carbocycles. The Balaban J connectivity index is 1.25. The first-order chi connectivity index (χ1) is 25.3. The van der Waals surface area contributed by atoms with E-state index in [-0.39, 0.29) is 17.3 Å². The van der Waals surface area contributed by atoms with Crippen LogP contribution in [0.15, 0.2) is 127 Å². The second kappa shape index (κ2) is 17.4. The lowest BCUT2D eigenvalue weighted by atomic mass is 9.79. The molecule has 0 spiro atoms. The quantitative estimate of drug-likeness (QED) is 0.111. The Morgan fingerprint density at radius 3 is 0.962 bits per heavy atom. The molecule has 0 heterocycles. The monoisotopic (exact) mass is 714 g/mol.